The van der Waals surface area contributed by atoms with Crippen molar-refractivity contribution in [1.82, 2.24) is 0 Å². The lowest BCUT2D eigenvalue weighted by Gasteiger charge is -2.16. The third kappa shape index (κ3) is 3.53. The molecule has 0 aliphatic carbocycles. The Morgan fingerprint density at radius 2 is 1.75 bits per heavy atom. The number of nitrogens with one attached hydrogen (secondary N) is 1. The number of ether oxygens (including phenoxy) is 2. The van der Waals surface area contributed by atoms with E-state index in [2.05, 4.69) is 5.32 Å². The number of hydrogen-bond acceptors (Lipinski definition) is 4. The summed E-state index contributed by atoms with van der Waals surface area (Å²) in [5.74, 6) is 1.13. The number of hydrogen-bond donors (Lipinski definition) is 1. The van der Waals surface area contributed by atoms with Crippen LogP contribution in [-0.4, -0.2) is 25.5 Å². The first kappa shape index (κ1) is 17.6. The first-order valence-corrected chi connectivity index (χ1v) is 8.78. The fourth-order valence-corrected chi connectivity index (χ4v) is 2.96. The van der Waals surface area contributed by atoms with E-state index in [0.29, 0.717) is 34.2 Å². The molecule has 0 atom stereocenters. The molecule has 1 heterocycles. The Morgan fingerprint density at radius 3 is 2.57 bits per heavy atom. The molecule has 0 bridgehead atoms. The van der Waals surface area contributed by atoms with E-state index in [1.165, 1.54) is 4.90 Å². The van der Waals surface area contributed by atoms with Crippen LogP contribution in [0.25, 0.3) is 0 Å². The van der Waals surface area contributed by atoms with Crippen molar-refractivity contribution in [3.05, 3.63) is 78.4 Å². The molecule has 4 rings (SSSR count). The highest BCUT2D eigenvalue weighted by Gasteiger charge is 2.25. The second kappa shape index (κ2) is 7.44. The summed E-state index contributed by atoms with van der Waals surface area (Å²) in [5.41, 5.74) is 1.56. The van der Waals surface area contributed by atoms with Gasteiger partial charge in [0.2, 0.25) is 0 Å². The van der Waals surface area contributed by atoms with Crippen LogP contribution in [0.1, 0.15) is 10.4 Å². The van der Waals surface area contributed by atoms with Gasteiger partial charge >= 0.3 is 0 Å². The Morgan fingerprint density at radius 1 is 1.00 bits per heavy atom. The fourth-order valence-electron chi connectivity index (χ4n) is 2.96. The summed E-state index contributed by atoms with van der Waals surface area (Å²) in [4.78, 5) is 26.6. The number of carbonyl (C=O) groups is 2. The van der Waals surface area contributed by atoms with Gasteiger partial charge in [-0.05, 0) is 42.5 Å². The minimum atomic E-state index is -0.317. The first-order valence-electron chi connectivity index (χ1n) is 8.78. The predicted octanol–water partition coefficient (Wildman–Crippen LogP) is 4.09. The number of anilines is 2. The number of amides is 2. The maximum Gasteiger partial charge on any atom is 0.262 e. The maximum atomic E-state index is 12.9. The average molecular weight is 374 g/mol. The fraction of sp³-hybridized carbons (Fsp3) is 0.0909. The predicted molar refractivity (Wildman–Crippen MR) is 106 cm³/mol. The van der Waals surface area contributed by atoms with E-state index < -0.39 is 0 Å². The van der Waals surface area contributed by atoms with Crippen molar-refractivity contribution in [1.29, 1.82) is 0 Å². The zero-order valence-corrected chi connectivity index (χ0v) is 15.2. The van der Waals surface area contributed by atoms with Gasteiger partial charge in [0.25, 0.3) is 11.8 Å². The van der Waals surface area contributed by atoms with Crippen molar-refractivity contribution in [3.8, 4) is 17.2 Å². The summed E-state index contributed by atoms with van der Waals surface area (Å²) in [6, 6.07) is 21.4. The Hall–Kier alpha value is -3.80. The van der Waals surface area contributed by atoms with Gasteiger partial charge in [-0.1, -0.05) is 30.3 Å². The molecule has 0 aromatic heterocycles. The molecule has 28 heavy (non-hydrogen) atoms. The minimum absolute atomic E-state index is 0.128. The molecule has 0 radical (unpaired) electrons. The quantitative estimate of drug-likeness (QED) is 0.747. The molecule has 3 aromatic carbocycles. The van der Waals surface area contributed by atoms with Gasteiger partial charge in [-0.2, -0.15) is 0 Å². The number of rotatable bonds is 4. The van der Waals surface area contributed by atoms with Crippen LogP contribution in [0.2, 0.25) is 0 Å². The molecule has 0 fully saturated rings. The standard InChI is InChI=1S/C22H18N2O4/c1-24-18-9-5-6-10-20(18)28-19-12-11-15(13-17(19)22(24)26)23-21(25)14-27-16-7-3-2-4-8-16/h2-13H,14H2,1H3,(H,23,25). The molecule has 0 saturated carbocycles. The molecule has 6 heteroatoms. The Labute approximate surface area is 162 Å². The first-order chi connectivity index (χ1) is 13.6. The minimum Gasteiger partial charge on any atom is -0.484 e. The monoisotopic (exact) mass is 374 g/mol. The topological polar surface area (TPSA) is 67.9 Å². The molecular formula is C22H18N2O4. The van der Waals surface area contributed by atoms with E-state index in [1.54, 1.807) is 37.4 Å². The van der Waals surface area contributed by atoms with E-state index in [4.69, 9.17) is 9.47 Å². The average Bonchev–Trinajstić information content (AvgIpc) is 2.83. The van der Waals surface area contributed by atoms with Crippen LogP contribution in [0, 0.1) is 0 Å². The highest BCUT2D eigenvalue weighted by Crippen LogP contribution is 2.38. The van der Waals surface area contributed by atoms with Gasteiger partial charge in [-0.3, -0.25) is 9.59 Å². The van der Waals surface area contributed by atoms with E-state index in [0.717, 1.165) is 0 Å². The van der Waals surface area contributed by atoms with Gasteiger partial charge in [0.05, 0.1) is 11.3 Å². The molecular weight excluding hydrogens is 356 g/mol. The normalized spacial score (nSPS) is 12.3. The lowest BCUT2D eigenvalue weighted by Crippen LogP contribution is -2.25. The SMILES string of the molecule is CN1C(=O)c2cc(NC(=O)COc3ccccc3)ccc2Oc2ccccc21. The molecule has 0 saturated heterocycles. The molecule has 2 amide bonds. The molecule has 0 unspecified atom stereocenters. The van der Waals surface area contributed by atoms with Crippen molar-refractivity contribution < 1.29 is 19.1 Å². The summed E-state index contributed by atoms with van der Waals surface area (Å²) in [6.07, 6.45) is 0. The van der Waals surface area contributed by atoms with Crippen molar-refractivity contribution in [2.45, 2.75) is 0 Å². The summed E-state index contributed by atoms with van der Waals surface area (Å²) in [6.45, 7) is -0.128. The van der Waals surface area contributed by atoms with Crippen LogP contribution < -0.4 is 19.7 Å². The number of nitrogens with zero attached hydrogens (tertiary/aromatic N) is 1. The Kier molecular flexibility index (Phi) is 4.68. The molecule has 3 aromatic rings. The van der Waals surface area contributed by atoms with E-state index in [1.807, 2.05) is 42.5 Å². The number of benzene rings is 3. The third-order valence-corrected chi connectivity index (χ3v) is 4.36. The van der Waals surface area contributed by atoms with Gasteiger partial charge in [-0.15, -0.1) is 0 Å². The summed E-state index contributed by atoms with van der Waals surface area (Å²) in [5, 5.41) is 2.75. The number of para-hydroxylation sites is 3. The zero-order chi connectivity index (χ0) is 19.5. The van der Waals surface area contributed by atoms with Crippen LogP contribution in [0.15, 0.2) is 72.8 Å². The highest BCUT2D eigenvalue weighted by atomic mass is 16.5. The summed E-state index contributed by atoms with van der Waals surface area (Å²) >= 11 is 0. The van der Waals surface area contributed by atoms with E-state index in [-0.39, 0.29) is 18.4 Å². The van der Waals surface area contributed by atoms with Crippen LogP contribution in [0.5, 0.6) is 17.2 Å². The second-order valence-corrected chi connectivity index (χ2v) is 6.29. The van der Waals surface area contributed by atoms with E-state index >= 15 is 0 Å². The Balaban J connectivity index is 1.51. The molecule has 1 aliphatic rings. The highest BCUT2D eigenvalue weighted by molar-refractivity contribution is 6.10. The van der Waals surface area contributed by atoms with Crippen LogP contribution in [0.3, 0.4) is 0 Å². The van der Waals surface area contributed by atoms with Crippen LogP contribution >= 0.6 is 0 Å². The van der Waals surface area contributed by atoms with Crippen LogP contribution in [-0.2, 0) is 4.79 Å². The molecule has 0 spiro atoms. The third-order valence-electron chi connectivity index (χ3n) is 4.36. The van der Waals surface area contributed by atoms with Gasteiger partial charge in [-0.25, -0.2) is 0 Å². The summed E-state index contributed by atoms with van der Waals surface area (Å²) in [7, 11) is 1.69. The molecule has 6 nitrogen and oxygen atoms in total. The van der Waals surface area contributed by atoms with Crippen molar-refractivity contribution in [2.75, 3.05) is 23.9 Å². The van der Waals surface area contributed by atoms with Gasteiger partial charge < -0.3 is 19.7 Å². The van der Waals surface area contributed by atoms with Crippen molar-refractivity contribution in [2.24, 2.45) is 0 Å². The number of fused-ring (bicyclic) bond motifs is 2. The largest absolute Gasteiger partial charge is 0.484 e. The molecule has 1 N–H and O–H groups in total. The maximum absolute atomic E-state index is 12.9. The lowest BCUT2D eigenvalue weighted by molar-refractivity contribution is -0.118. The van der Waals surface area contributed by atoms with Gasteiger partial charge in [0, 0.05) is 12.7 Å². The van der Waals surface area contributed by atoms with Crippen molar-refractivity contribution >= 4 is 23.2 Å². The van der Waals surface area contributed by atoms with Gasteiger partial charge in [0.1, 0.15) is 11.5 Å². The summed E-state index contributed by atoms with van der Waals surface area (Å²) < 4.78 is 11.3. The molecule has 140 valence electrons. The lowest BCUT2D eigenvalue weighted by atomic mass is 10.1. The van der Waals surface area contributed by atoms with Gasteiger partial charge in [0.15, 0.2) is 12.4 Å². The smallest absolute Gasteiger partial charge is 0.262 e. The second-order valence-electron chi connectivity index (χ2n) is 6.29. The number of carbonyl (C=O) groups excluding carboxylic acids is 2. The Bertz CT molecular complexity index is 1030. The molecule has 1 aliphatic heterocycles. The van der Waals surface area contributed by atoms with Crippen molar-refractivity contribution in [3.63, 3.8) is 0 Å². The van der Waals surface area contributed by atoms with E-state index in [9.17, 15) is 9.59 Å². The zero-order valence-electron chi connectivity index (χ0n) is 15.2. The van der Waals surface area contributed by atoms with Crippen LogP contribution in [0.4, 0.5) is 11.4 Å².